The van der Waals surface area contributed by atoms with Crippen LogP contribution in [0.25, 0.3) is 0 Å². The Kier molecular flexibility index (Phi) is 8.37. The summed E-state index contributed by atoms with van der Waals surface area (Å²) in [4.78, 5) is 27.9. The van der Waals surface area contributed by atoms with E-state index in [0.29, 0.717) is 32.0 Å². The number of hydrogen-bond donors (Lipinski definition) is 1. The molecule has 162 valence electrons. The number of carbonyl (C=O) groups is 2. The molecule has 2 aromatic carbocycles. The summed E-state index contributed by atoms with van der Waals surface area (Å²) in [5.74, 6) is -0.661. The van der Waals surface area contributed by atoms with Gasteiger partial charge in [-0.25, -0.2) is 0 Å². The minimum Gasteiger partial charge on any atom is -0.382 e. The number of benzene rings is 2. The highest BCUT2D eigenvalue weighted by Crippen LogP contribution is 2.27. The zero-order chi connectivity index (χ0) is 21.9. The average molecular weight is 421 g/mol. The molecule has 1 N–H and O–H groups in total. The second-order valence-corrected chi connectivity index (χ2v) is 7.00. The number of hydrogen-bond acceptors (Lipinski definition) is 5. The highest BCUT2D eigenvalue weighted by Gasteiger charge is 2.28. The molecule has 0 aliphatic heterocycles. The van der Waals surface area contributed by atoms with Gasteiger partial charge < -0.3 is 19.5 Å². The van der Waals surface area contributed by atoms with Crippen molar-refractivity contribution in [3.63, 3.8) is 0 Å². The van der Waals surface area contributed by atoms with Crippen molar-refractivity contribution in [3.05, 3.63) is 84.1 Å². The van der Waals surface area contributed by atoms with E-state index in [9.17, 15) is 9.59 Å². The Morgan fingerprint density at radius 1 is 1.03 bits per heavy atom. The second kappa shape index (κ2) is 11.7. The van der Waals surface area contributed by atoms with Gasteiger partial charge in [-0.05, 0) is 24.5 Å². The SMILES string of the molecule is CCOCCCN(CC(=O)Nc1ccon1)C(=O)C(c1ccccc1)c1ccccc1. The Morgan fingerprint density at radius 3 is 2.23 bits per heavy atom. The molecule has 7 heteroatoms. The van der Waals surface area contributed by atoms with Gasteiger partial charge in [-0.15, -0.1) is 0 Å². The Balaban J connectivity index is 1.83. The normalized spacial score (nSPS) is 10.8. The number of rotatable bonds is 11. The van der Waals surface area contributed by atoms with Crippen LogP contribution in [0.1, 0.15) is 30.4 Å². The monoisotopic (exact) mass is 421 g/mol. The molecule has 2 amide bonds. The van der Waals surface area contributed by atoms with E-state index in [-0.39, 0.29) is 18.4 Å². The lowest BCUT2D eigenvalue weighted by Gasteiger charge is -2.27. The van der Waals surface area contributed by atoms with E-state index in [1.165, 1.54) is 6.26 Å². The van der Waals surface area contributed by atoms with Crippen molar-refractivity contribution in [1.29, 1.82) is 0 Å². The van der Waals surface area contributed by atoms with E-state index >= 15 is 0 Å². The highest BCUT2D eigenvalue weighted by molar-refractivity contribution is 5.95. The van der Waals surface area contributed by atoms with Crippen LogP contribution in [-0.2, 0) is 14.3 Å². The first-order valence-corrected chi connectivity index (χ1v) is 10.4. The molecule has 0 aliphatic rings. The van der Waals surface area contributed by atoms with Crippen molar-refractivity contribution in [2.45, 2.75) is 19.3 Å². The molecule has 0 unspecified atom stereocenters. The van der Waals surface area contributed by atoms with Crippen LogP contribution >= 0.6 is 0 Å². The maximum atomic E-state index is 13.7. The van der Waals surface area contributed by atoms with Crippen molar-refractivity contribution >= 4 is 17.6 Å². The van der Waals surface area contributed by atoms with Gasteiger partial charge in [0.25, 0.3) is 0 Å². The molecule has 0 radical (unpaired) electrons. The molecular weight excluding hydrogens is 394 g/mol. The van der Waals surface area contributed by atoms with E-state index in [0.717, 1.165) is 11.1 Å². The van der Waals surface area contributed by atoms with Crippen LogP contribution in [-0.4, -0.2) is 48.2 Å². The number of carbonyl (C=O) groups excluding carboxylic acids is 2. The summed E-state index contributed by atoms with van der Waals surface area (Å²) in [6.07, 6.45) is 2.01. The van der Waals surface area contributed by atoms with Gasteiger partial charge in [0, 0.05) is 25.8 Å². The van der Waals surface area contributed by atoms with Gasteiger partial charge in [0.1, 0.15) is 6.26 Å². The van der Waals surface area contributed by atoms with Crippen LogP contribution in [0.4, 0.5) is 5.82 Å². The first kappa shape index (κ1) is 22.2. The third kappa shape index (κ3) is 6.52. The Bertz CT molecular complexity index is 890. The van der Waals surface area contributed by atoms with Gasteiger partial charge in [0.05, 0.1) is 12.5 Å². The molecule has 0 saturated heterocycles. The minimum absolute atomic E-state index is 0.0893. The van der Waals surface area contributed by atoms with Gasteiger partial charge in [0.15, 0.2) is 5.82 Å². The minimum atomic E-state index is -0.505. The Morgan fingerprint density at radius 2 is 1.68 bits per heavy atom. The van der Waals surface area contributed by atoms with Crippen molar-refractivity contribution in [2.75, 3.05) is 31.6 Å². The van der Waals surface area contributed by atoms with E-state index in [1.54, 1.807) is 11.0 Å². The summed E-state index contributed by atoms with van der Waals surface area (Å²) in [6, 6.07) is 20.8. The summed E-state index contributed by atoms with van der Waals surface area (Å²) in [6.45, 7) is 3.37. The van der Waals surface area contributed by atoms with E-state index in [4.69, 9.17) is 9.26 Å². The predicted molar refractivity (Wildman–Crippen MR) is 118 cm³/mol. The number of amides is 2. The third-order valence-corrected chi connectivity index (χ3v) is 4.79. The molecule has 0 fully saturated rings. The average Bonchev–Trinajstić information content (AvgIpc) is 3.30. The fourth-order valence-corrected chi connectivity index (χ4v) is 3.35. The molecule has 0 atom stereocenters. The molecule has 0 bridgehead atoms. The summed E-state index contributed by atoms with van der Waals surface area (Å²) >= 11 is 0. The molecule has 31 heavy (non-hydrogen) atoms. The summed E-state index contributed by atoms with van der Waals surface area (Å²) in [5, 5.41) is 6.35. The predicted octanol–water partition coefficient (Wildman–Crippen LogP) is 3.70. The smallest absolute Gasteiger partial charge is 0.245 e. The lowest BCUT2D eigenvalue weighted by molar-refractivity contribution is -0.135. The van der Waals surface area contributed by atoms with Gasteiger partial charge in [-0.1, -0.05) is 65.8 Å². The second-order valence-electron chi connectivity index (χ2n) is 7.00. The molecule has 0 saturated carbocycles. The van der Waals surface area contributed by atoms with Crippen molar-refractivity contribution < 1.29 is 18.8 Å². The first-order valence-electron chi connectivity index (χ1n) is 10.4. The van der Waals surface area contributed by atoms with Crippen LogP contribution in [0.2, 0.25) is 0 Å². The van der Waals surface area contributed by atoms with Crippen LogP contribution in [0, 0.1) is 0 Å². The van der Waals surface area contributed by atoms with Gasteiger partial charge in [-0.3, -0.25) is 9.59 Å². The first-order chi connectivity index (χ1) is 15.2. The summed E-state index contributed by atoms with van der Waals surface area (Å²) in [5.41, 5.74) is 1.76. The van der Waals surface area contributed by atoms with Crippen LogP contribution < -0.4 is 5.32 Å². The zero-order valence-corrected chi connectivity index (χ0v) is 17.6. The fourth-order valence-electron chi connectivity index (χ4n) is 3.35. The maximum absolute atomic E-state index is 13.7. The molecule has 3 rings (SSSR count). The lowest BCUT2D eigenvalue weighted by atomic mass is 9.90. The number of nitrogens with zero attached hydrogens (tertiary/aromatic N) is 2. The maximum Gasteiger partial charge on any atom is 0.245 e. The summed E-state index contributed by atoms with van der Waals surface area (Å²) in [7, 11) is 0. The number of nitrogens with one attached hydrogen (secondary N) is 1. The molecule has 1 heterocycles. The topological polar surface area (TPSA) is 84.7 Å². The van der Waals surface area contributed by atoms with Crippen LogP contribution in [0.3, 0.4) is 0 Å². The Labute approximate surface area is 182 Å². The molecule has 0 aliphatic carbocycles. The number of ether oxygens (including phenoxy) is 1. The molecule has 3 aromatic rings. The van der Waals surface area contributed by atoms with Gasteiger partial charge in [-0.2, -0.15) is 0 Å². The van der Waals surface area contributed by atoms with Crippen molar-refractivity contribution in [3.8, 4) is 0 Å². The number of anilines is 1. The molecular formula is C24H27N3O4. The molecule has 0 spiro atoms. The highest BCUT2D eigenvalue weighted by atomic mass is 16.5. The largest absolute Gasteiger partial charge is 0.382 e. The van der Waals surface area contributed by atoms with Crippen molar-refractivity contribution in [1.82, 2.24) is 10.1 Å². The number of aromatic nitrogens is 1. The van der Waals surface area contributed by atoms with E-state index < -0.39 is 5.92 Å². The quantitative estimate of drug-likeness (QED) is 0.477. The molecule has 1 aromatic heterocycles. The Hall–Kier alpha value is -3.45. The molecule has 7 nitrogen and oxygen atoms in total. The van der Waals surface area contributed by atoms with Crippen molar-refractivity contribution in [2.24, 2.45) is 0 Å². The van der Waals surface area contributed by atoms with Gasteiger partial charge in [0.2, 0.25) is 11.8 Å². The third-order valence-electron chi connectivity index (χ3n) is 4.79. The lowest BCUT2D eigenvalue weighted by Crippen LogP contribution is -2.42. The van der Waals surface area contributed by atoms with E-state index in [2.05, 4.69) is 10.5 Å². The van der Waals surface area contributed by atoms with Crippen LogP contribution in [0.15, 0.2) is 77.5 Å². The fraction of sp³-hybridized carbons (Fsp3) is 0.292. The standard InChI is InChI=1S/C24H27N3O4/c1-2-30-16-9-15-27(18-22(28)25-21-14-17-31-26-21)24(29)23(19-10-5-3-6-11-19)20-12-7-4-8-13-20/h3-8,10-14,17,23H,2,9,15-16,18H2,1H3,(H,25,26,28). The van der Waals surface area contributed by atoms with Gasteiger partial charge >= 0.3 is 0 Å². The van der Waals surface area contributed by atoms with E-state index in [1.807, 2.05) is 67.6 Å². The summed E-state index contributed by atoms with van der Waals surface area (Å²) < 4.78 is 10.2. The zero-order valence-electron chi connectivity index (χ0n) is 17.6. The van der Waals surface area contributed by atoms with Crippen LogP contribution in [0.5, 0.6) is 0 Å².